The van der Waals surface area contributed by atoms with Gasteiger partial charge in [-0.25, -0.2) is 9.97 Å². The summed E-state index contributed by atoms with van der Waals surface area (Å²) in [4.78, 5) is 27.5. The van der Waals surface area contributed by atoms with Crippen molar-refractivity contribution < 1.29 is 4.79 Å². The van der Waals surface area contributed by atoms with Gasteiger partial charge in [0.1, 0.15) is 11.3 Å². The molecule has 0 aliphatic carbocycles. The van der Waals surface area contributed by atoms with Gasteiger partial charge in [0.15, 0.2) is 0 Å². The van der Waals surface area contributed by atoms with Gasteiger partial charge in [0.25, 0.3) is 5.91 Å². The van der Waals surface area contributed by atoms with Gasteiger partial charge in [-0.05, 0) is 61.1 Å². The maximum absolute atomic E-state index is 12.8. The summed E-state index contributed by atoms with van der Waals surface area (Å²) in [5, 5.41) is 2.86. The van der Waals surface area contributed by atoms with E-state index < -0.39 is 0 Å². The van der Waals surface area contributed by atoms with E-state index >= 15 is 0 Å². The number of imidazole rings is 2. The molecule has 4 heterocycles. The minimum atomic E-state index is -0.287. The minimum Gasteiger partial charge on any atom is -0.371 e. The predicted molar refractivity (Wildman–Crippen MR) is 135 cm³/mol. The van der Waals surface area contributed by atoms with Crippen LogP contribution in [0.3, 0.4) is 0 Å². The van der Waals surface area contributed by atoms with Gasteiger partial charge >= 0.3 is 0 Å². The summed E-state index contributed by atoms with van der Waals surface area (Å²) in [6.45, 7) is 4.02. The molecule has 0 radical (unpaired) electrons. The van der Waals surface area contributed by atoms with Crippen LogP contribution in [0.2, 0.25) is 0 Å². The molecule has 0 spiro atoms. The van der Waals surface area contributed by atoms with Gasteiger partial charge in [-0.1, -0.05) is 36.4 Å². The van der Waals surface area contributed by atoms with Crippen molar-refractivity contribution in [2.45, 2.75) is 25.7 Å². The Hall–Kier alpha value is -4.13. The van der Waals surface area contributed by atoms with E-state index in [1.54, 1.807) is 6.20 Å². The standard InChI is InChI=1S/C27H26N6O/c1-18-6-5-13-33-17-24(28-25(18)33)26(34)31-27-29-22-10-9-21(16-23(22)30-27)32-14-11-20(12-15-32)19-7-3-2-4-8-19/h2-10,13,16-17,20H,11-12,14-15H2,1H3,(H2,29,30,31,34). The number of aromatic nitrogens is 4. The molecule has 6 rings (SSSR count). The van der Waals surface area contributed by atoms with Crippen LogP contribution in [-0.2, 0) is 0 Å². The lowest BCUT2D eigenvalue weighted by Gasteiger charge is -2.33. The number of aromatic amines is 1. The molecule has 34 heavy (non-hydrogen) atoms. The molecule has 7 nitrogen and oxygen atoms in total. The second-order valence-electron chi connectivity index (χ2n) is 8.96. The van der Waals surface area contributed by atoms with E-state index in [0.29, 0.717) is 17.6 Å². The Balaban J connectivity index is 1.16. The lowest BCUT2D eigenvalue weighted by molar-refractivity contribution is 0.102. The van der Waals surface area contributed by atoms with Crippen molar-refractivity contribution in [3.63, 3.8) is 0 Å². The second kappa shape index (κ2) is 8.33. The molecule has 0 unspecified atom stereocenters. The highest BCUT2D eigenvalue weighted by Crippen LogP contribution is 2.31. The van der Waals surface area contributed by atoms with Crippen molar-refractivity contribution >= 4 is 34.2 Å². The number of benzene rings is 2. The molecule has 170 valence electrons. The Morgan fingerprint density at radius 3 is 2.65 bits per heavy atom. The molecule has 1 saturated heterocycles. The number of fused-ring (bicyclic) bond motifs is 2. The number of carbonyl (C=O) groups excluding carboxylic acids is 1. The average molecular weight is 451 g/mol. The number of pyridine rings is 1. The summed E-state index contributed by atoms with van der Waals surface area (Å²) in [7, 11) is 0. The van der Waals surface area contributed by atoms with E-state index in [1.807, 2.05) is 35.7 Å². The lowest BCUT2D eigenvalue weighted by atomic mass is 9.89. The summed E-state index contributed by atoms with van der Waals surface area (Å²) < 4.78 is 1.86. The molecule has 2 aromatic carbocycles. The van der Waals surface area contributed by atoms with Crippen LogP contribution in [0.5, 0.6) is 0 Å². The molecule has 1 amide bonds. The Morgan fingerprint density at radius 2 is 1.85 bits per heavy atom. The van der Waals surface area contributed by atoms with E-state index in [1.165, 1.54) is 11.3 Å². The van der Waals surface area contributed by atoms with Crippen LogP contribution < -0.4 is 10.2 Å². The summed E-state index contributed by atoms with van der Waals surface area (Å²) in [6.07, 6.45) is 5.90. The van der Waals surface area contributed by atoms with E-state index in [0.717, 1.165) is 48.2 Å². The van der Waals surface area contributed by atoms with Gasteiger partial charge < -0.3 is 14.3 Å². The van der Waals surface area contributed by atoms with Gasteiger partial charge in [-0.15, -0.1) is 0 Å². The Bertz CT molecular complexity index is 1480. The normalized spacial score (nSPS) is 14.7. The Morgan fingerprint density at radius 1 is 1.03 bits per heavy atom. The van der Waals surface area contributed by atoms with E-state index in [9.17, 15) is 4.79 Å². The third-order valence-electron chi connectivity index (χ3n) is 6.74. The summed E-state index contributed by atoms with van der Waals surface area (Å²) in [6, 6.07) is 21.0. The number of rotatable bonds is 4. The highest BCUT2D eigenvalue weighted by Gasteiger charge is 2.21. The maximum Gasteiger partial charge on any atom is 0.278 e. The molecule has 1 aliphatic heterocycles. The number of carbonyl (C=O) groups is 1. The zero-order valence-corrected chi connectivity index (χ0v) is 19.0. The molecule has 0 bridgehead atoms. The van der Waals surface area contributed by atoms with Crippen LogP contribution >= 0.6 is 0 Å². The van der Waals surface area contributed by atoms with Gasteiger partial charge in [0.2, 0.25) is 5.95 Å². The number of amides is 1. The third-order valence-corrected chi connectivity index (χ3v) is 6.74. The molecule has 1 aliphatic rings. The molecular formula is C27H26N6O. The monoisotopic (exact) mass is 450 g/mol. The van der Waals surface area contributed by atoms with Gasteiger partial charge in [0.05, 0.1) is 11.0 Å². The zero-order chi connectivity index (χ0) is 23.1. The summed E-state index contributed by atoms with van der Waals surface area (Å²) in [5.74, 6) is 0.760. The largest absolute Gasteiger partial charge is 0.371 e. The fraction of sp³-hybridized carbons (Fsp3) is 0.222. The quantitative estimate of drug-likeness (QED) is 0.397. The van der Waals surface area contributed by atoms with Crippen LogP contribution in [0.15, 0.2) is 73.1 Å². The van der Waals surface area contributed by atoms with Crippen molar-refractivity contribution in [3.05, 3.63) is 89.9 Å². The maximum atomic E-state index is 12.8. The number of nitrogens with one attached hydrogen (secondary N) is 2. The van der Waals surface area contributed by atoms with Crippen molar-refractivity contribution in [3.8, 4) is 0 Å². The van der Waals surface area contributed by atoms with Crippen LogP contribution in [0, 0.1) is 6.92 Å². The number of aryl methyl sites for hydroxylation is 1. The van der Waals surface area contributed by atoms with Crippen molar-refractivity contribution in [1.29, 1.82) is 0 Å². The fourth-order valence-electron chi connectivity index (χ4n) is 4.88. The first-order chi connectivity index (χ1) is 16.6. The first-order valence-corrected chi connectivity index (χ1v) is 11.7. The molecule has 0 atom stereocenters. The number of H-pyrrole nitrogens is 1. The summed E-state index contributed by atoms with van der Waals surface area (Å²) >= 11 is 0. The Kier molecular flexibility index (Phi) is 5.02. The third kappa shape index (κ3) is 3.79. The molecule has 7 heteroatoms. The molecule has 5 aromatic rings. The van der Waals surface area contributed by atoms with E-state index in [4.69, 9.17) is 0 Å². The second-order valence-corrected chi connectivity index (χ2v) is 8.96. The summed E-state index contributed by atoms with van der Waals surface area (Å²) in [5.41, 5.74) is 6.48. The van der Waals surface area contributed by atoms with Crippen LogP contribution in [-0.4, -0.2) is 38.3 Å². The fourth-order valence-corrected chi connectivity index (χ4v) is 4.88. The van der Waals surface area contributed by atoms with Gasteiger partial charge in [-0.2, -0.15) is 0 Å². The van der Waals surface area contributed by atoms with Crippen molar-refractivity contribution in [1.82, 2.24) is 19.4 Å². The van der Waals surface area contributed by atoms with Crippen LogP contribution in [0.4, 0.5) is 11.6 Å². The minimum absolute atomic E-state index is 0.287. The van der Waals surface area contributed by atoms with Gasteiger partial charge in [0, 0.05) is 31.2 Å². The molecular weight excluding hydrogens is 424 g/mol. The molecule has 0 saturated carbocycles. The van der Waals surface area contributed by atoms with Crippen LogP contribution in [0.25, 0.3) is 16.7 Å². The molecule has 3 aromatic heterocycles. The van der Waals surface area contributed by atoms with E-state index in [2.05, 4.69) is 67.6 Å². The van der Waals surface area contributed by atoms with Gasteiger partial charge in [-0.3, -0.25) is 10.1 Å². The van der Waals surface area contributed by atoms with Crippen molar-refractivity contribution in [2.24, 2.45) is 0 Å². The van der Waals surface area contributed by atoms with Crippen molar-refractivity contribution in [2.75, 3.05) is 23.3 Å². The zero-order valence-electron chi connectivity index (χ0n) is 19.0. The molecule has 1 fully saturated rings. The number of hydrogen-bond donors (Lipinski definition) is 2. The number of piperidine rings is 1. The first kappa shape index (κ1) is 20.5. The topological polar surface area (TPSA) is 78.3 Å². The SMILES string of the molecule is Cc1cccn2cc(C(=O)Nc3nc4cc(N5CCC(c6ccccc6)CC5)ccc4[nH]3)nc12. The highest BCUT2D eigenvalue weighted by atomic mass is 16.2. The Labute approximate surface area is 197 Å². The lowest BCUT2D eigenvalue weighted by Crippen LogP contribution is -2.32. The first-order valence-electron chi connectivity index (χ1n) is 11.7. The molecule has 2 N–H and O–H groups in total. The number of nitrogens with zero attached hydrogens (tertiary/aromatic N) is 4. The highest BCUT2D eigenvalue weighted by molar-refractivity contribution is 6.03. The van der Waals surface area contributed by atoms with E-state index in [-0.39, 0.29) is 5.91 Å². The smallest absolute Gasteiger partial charge is 0.278 e. The number of hydrogen-bond acceptors (Lipinski definition) is 4. The average Bonchev–Trinajstić information content (AvgIpc) is 3.49. The number of anilines is 2. The van der Waals surface area contributed by atoms with Crippen LogP contribution in [0.1, 0.15) is 40.4 Å². The predicted octanol–water partition coefficient (Wildman–Crippen LogP) is 5.16.